The Labute approximate surface area is 124 Å². The summed E-state index contributed by atoms with van der Waals surface area (Å²) in [5.41, 5.74) is 2.43. The molecule has 0 amide bonds. The molecule has 120 valence electrons. The Morgan fingerprint density at radius 3 is 2.48 bits per heavy atom. The fourth-order valence-corrected chi connectivity index (χ4v) is 1.78. The SMILES string of the molecule is CCN(CC)c1nc(NN)nc(NCCC(O)COC)n1. The number of nitrogens with two attached hydrogens (primary N) is 1. The van der Waals surface area contributed by atoms with Gasteiger partial charge in [-0.25, -0.2) is 5.84 Å². The van der Waals surface area contributed by atoms with Crippen molar-refractivity contribution in [2.75, 3.05) is 49.0 Å². The van der Waals surface area contributed by atoms with Crippen LogP contribution in [0.25, 0.3) is 0 Å². The molecule has 0 radical (unpaired) electrons. The molecule has 9 nitrogen and oxygen atoms in total. The van der Waals surface area contributed by atoms with Crippen LogP contribution >= 0.6 is 0 Å². The Kier molecular flexibility index (Phi) is 7.65. The Balaban J connectivity index is 2.70. The smallest absolute Gasteiger partial charge is 0.243 e. The summed E-state index contributed by atoms with van der Waals surface area (Å²) in [6, 6.07) is 0. The highest BCUT2D eigenvalue weighted by molar-refractivity contribution is 5.43. The number of aromatic nitrogens is 3. The van der Waals surface area contributed by atoms with E-state index in [9.17, 15) is 5.11 Å². The Morgan fingerprint density at radius 2 is 1.90 bits per heavy atom. The van der Waals surface area contributed by atoms with Crippen LogP contribution in [0, 0.1) is 0 Å². The number of nitrogen functional groups attached to an aromatic ring is 1. The van der Waals surface area contributed by atoms with E-state index in [4.69, 9.17) is 10.6 Å². The molecular weight excluding hydrogens is 274 g/mol. The summed E-state index contributed by atoms with van der Waals surface area (Å²) in [5, 5.41) is 12.6. The molecule has 0 aromatic carbocycles. The van der Waals surface area contributed by atoms with Crippen LogP contribution in [0.4, 0.5) is 17.8 Å². The number of aliphatic hydroxyl groups excluding tert-OH is 1. The average Bonchev–Trinajstić information content (AvgIpc) is 2.48. The van der Waals surface area contributed by atoms with Crippen molar-refractivity contribution in [1.82, 2.24) is 15.0 Å². The zero-order valence-corrected chi connectivity index (χ0v) is 12.8. The minimum atomic E-state index is -0.515. The maximum Gasteiger partial charge on any atom is 0.243 e. The third-order valence-corrected chi connectivity index (χ3v) is 2.92. The molecular formula is C12H25N7O2. The Bertz CT molecular complexity index is 415. The molecule has 9 heteroatoms. The van der Waals surface area contributed by atoms with Crippen LogP contribution in [0.3, 0.4) is 0 Å². The van der Waals surface area contributed by atoms with Crippen molar-refractivity contribution in [2.24, 2.45) is 5.84 Å². The third-order valence-electron chi connectivity index (χ3n) is 2.92. The first-order valence-electron chi connectivity index (χ1n) is 7.03. The average molecular weight is 299 g/mol. The van der Waals surface area contributed by atoms with Crippen LogP contribution in [0.1, 0.15) is 20.3 Å². The highest BCUT2D eigenvalue weighted by Gasteiger charge is 2.11. The number of rotatable bonds is 10. The summed E-state index contributed by atoms with van der Waals surface area (Å²) in [7, 11) is 1.55. The summed E-state index contributed by atoms with van der Waals surface area (Å²) in [6.45, 7) is 6.45. The van der Waals surface area contributed by atoms with Crippen molar-refractivity contribution >= 4 is 17.8 Å². The molecule has 1 rings (SSSR count). The molecule has 0 aliphatic heterocycles. The van der Waals surface area contributed by atoms with Gasteiger partial charge in [-0.15, -0.1) is 0 Å². The molecule has 0 aliphatic carbocycles. The highest BCUT2D eigenvalue weighted by atomic mass is 16.5. The predicted octanol–water partition coefficient (Wildman–Crippen LogP) is -0.187. The lowest BCUT2D eigenvalue weighted by molar-refractivity contribution is 0.0615. The molecule has 21 heavy (non-hydrogen) atoms. The fourth-order valence-electron chi connectivity index (χ4n) is 1.78. The van der Waals surface area contributed by atoms with Gasteiger partial charge in [-0.1, -0.05) is 0 Å². The zero-order chi connectivity index (χ0) is 15.7. The third kappa shape index (κ3) is 5.66. The Hall–Kier alpha value is -1.71. The van der Waals surface area contributed by atoms with Gasteiger partial charge in [0.2, 0.25) is 17.8 Å². The number of hydrogen-bond donors (Lipinski definition) is 4. The van der Waals surface area contributed by atoms with Gasteiger partial charge in [-0.05, 0) is 20.3 Å². The summed E-state index contributed by atoms with van der Waals surface area (Å²) in [6.07, 6.45) is 0.0181. The molecule has 1 aromatic rings. The summed E-state index contributed by atoms with van der Waals surface area (Å²) < 4.78 is 4.87. The monoisotopic (exact) mass is 299 g/mol. The molecule has 1 heterocycles. The van der Waals surface area contributed by atoms with Gasteiger partial charge < -0.3 is 20.1 Å². The summed E-state index contributed by atoms with van der Waals surface area (Å²) in [5.74, 6) is 6.66. The molecule has 0 aliphatic rings. The van der Waals surface area contributed by atoms with Crippen molar-refractivity contribution in [2.45, 2.75) is 26.4 Å². The number of anilines is 3. The molecule has 5 N–H and O–H groups in total. The van der Waals surface area contributed by atoms with E-state index >= 15 is 0 Å². The van der Waals surface area contributed by atoms with E-state index < -0.39 is 6.10 Å². The second kappa shape index (κ2) is 9.27. The van der Waals surface area contributed by atoms with Crippen molar-refractivity contribution < 1.29 is 9.84 Å². The van der Waals surface area contributed by atoms with Gasteiger partial charge in [0, 0.05) is 26.7 Å². The van der Waals surface area contributed by atoms with Gasteiger partial charge >= 0.3 is 0 Å². The van der Waals surface area contributed by atoms with Crippen molar-refractivity contribution in [3.05, 3.63) is 0 Å². The van der Waals surface area contributed by atoms with Gasteiger partial charge in [-0.3, -0.25) is 5.43 Å². The largest absolute Gasteiger partial charge is 0.391 e. The van der Waals surface area contributed by atoms with Crippen LogP contribution in [0.5, 0.6) is 0 Å². The molecule has 0 saturated heterocycles. The lowest BCUT2D eigenvalue weighted by atomic mass is 10.3. The maximum absolute atomic E-state index is 9.59. The second-order valence-electron chi connectivity index (χ2n) is 4.42. The first-order chi connectivity index (χ1) is 10.1. The van der Waals surface area contributed by atoms with Crippen LogP contribution in [0.2, 0.25) is 0 Å². The zero-order valence-electron chi connectivity index (χ0n) is 12.8. The standard InChI is InChI=1S/C12H25N7O2/c1-4-19(5-2)12-16-10(15-11(17-12)18-13)14-7-6-9(20)8-21-3/h9,20H,4-8,13H2,1-3H3,(H2,14,15,16,17,18). The predicted molar refractivity (Wildman–Crippen MR) is 82.2 cm³/mol. The quantitative estimate of drug-likeness (QED) is 0.344. The van der Waals surface area contributed by atoms with Gasteiger partial charge in [0.25, 0.3) is 0 Å². The van der Waals surface area contributed by atoms with E-state index in [2.05, 4.69) is 25.7 Å². The first-order valence-corrected chi connectivity index (χ1v) is 7.03. The number of methoxy groups -OCH3 is 1. The number of hydrazine groups is 1. The number of ether oxygens (including phenoxy) is 1. The van der Waals surface area contributed by atoms with Crippen LogP contribution in [-0.2, 0) is 4.74 Å². The van der Waals surface area contributed by atoms with Crippen molar-refractivity contribution in [3.63, 3.8) is 0 Å². The van der Waals surface area contributed by atoms with Crippen LogP contribution in [-0.4, -0.2) is 59.5 Å². The maximum atomic E-state index is 9.59. The Morgan fingerprint density at radius 1 is 1.24 bits per heavy atom. The number of nitrogens with zero attached hydrogens (tertiary/aromatic N) is 4. The van der Waals surface area contributed by atoms with E-state index in [1.165, 1.54) is 0 Å². The van der Waals surface area contributed by atoms with E-state index in [0.717, 1.165) is 13.1 Å². The number of nitrogens with one attached hydrogen (secondary N) is 2. The minimum absolute atomic E-state index is 0.298. The van der Waals surface area contributed by atoms with Crippen LogP contribution < -0.4 is 21.5 Å². The lowest BCUT2D eigenvalue weighted by Gasteiger charge is -2.19. The minimum Gasteiger partial charge on any atom is -0.391 e. The highest BCUT2D eigenvalue weighted by Crippen LogP contribution is 2.12. The molecule has 0 saturated carbocycles. The summed E-state index contributed by atoms with van der Waals surface area (Å²) in [4.78, 5) is 14.7. The van der Waals surface area contributed by atoms with Gasteiger partial charge in [0.1, 0.15) is 0 Å². The summed E-state index contributed by atoms with van der Waals surface area (Å²) >= 11 is 0. The molecule has 1 aromatic heterocycles. The number of aliphatic hydroxyl groups is 1. The molecule has 0 spiro atoms. The topological polar surface area (TPSA) is 121 Å². The van der Waals surface area contributed by atoms with E-state index in [0.29, 0.717) is 37.4 Å². The molecule has 0 fully saturated rings. The van der Waals surface area contributed by atoms with E-state index in [-0.39, 0.29) is 0 Å². The van der Waals surface area contributed by atoms with Gasteiger partial charge in [-0.2, -0.15) is 15.0 Å². The van der Waals surface area contributed by atoms with E-state index in [1.54, 1.807) is 7.11 Å². The van der Waals surface area contributed by atoms with Gasteiger partial charge in [0.15, 0.2) is 0 Å². The lowest BCUT2D eigenvalue weighted by Crippen LogP contribution is -2.26. The second-order valence-corrected chi connectivity index (χ2v) is 4.42. The van der Waals surface area contributed by atoms with Gasteiger partial charge in [0.05, 0.1) is 12.7 Å². The molecule has 1 unspecified atom stereocenters. The number of hydrogen-bond acceptors (Lipinski definition) is 9. The molecule has 1 atom stereocenters. The van der Waals surface area contributed by atoms with E-state index in [1.807, 2.05) is 18.7 Å². The van der Waals surface area contributed by atoms with Crippen molar-refractivity contribution in [3.8, 4) is 0 Å². The van der Waals surface area contributed by atoms with Crippen molar-refractivity contribution in [1.29, 1.82) is 0 Å². The first kappa shape index (κ1) is 17.3. The fraction of sp³-hybridized carbons (Fsp3) is 0.750. The van der Waals surface area contributed by atoms with Crippen LogP contribution in [0.15, 0.2) is 0 Å². The molecule has 0 bridgehead atoms. The normalized spacial score (nSPS) is 12.0.